The number of benzene rings is 2. The Hall–Kier alpha value is -2.00. The van der Waals surface area contributed by atoms with Gasteiger partial charge in [-0.1, -0.05) is 12.1 Å². The molecule has 3 rings (SSSR count). The monoisotopic (exact) mass is 240 g/mol. The van der Waals surface area contributed by atoms with Crippen LogP contribution in [0.3, 0.4) is 0 Å². The predicted octanol–water partition coefficient (Wildman–Crippen LogP) is 2.86. The number of fused-ring (bicyclic) bond motifs is 3. The van der Waals surface area contributed by atoms with Crippen LogP contribution in [0.15, 0.2) is 36.4 Å². The molecule has 3 heteroatoms. The lowest BCUT2D eigenvalue weighted by molar-refractivity contribution is 0.221. The molecule has 3 N–H and O–H groups in total. The highest BCUT2D eigenvalue weighted by Crippen LogP contribution is 2.38. The molecule has 0 bridgehead atoms. The predicted molar refractivity (Wildman–Crippen MR) is 74.6 cm³/mol. The summed E-state index contributed by atoms with van der Waals surface area (Å²) in [5.74, 6) is 0. The van der Waals surface area contributed by atoms with Gasteiger partial charge in [0.15, 0.2) is 0 Å². The first-order valence-corrected chi connectivity index (χ1v) is 6.02. The first kappa shape index (κ1) is 11.1. The largest absolute Gasteiger partial charge is 0.399 e. The first-order valence-electron chi connectivity index (χ1n) is 6.02. The van der Waals surface area contributed by atoms with Crippen molar-refractivity contribution < 1.29 is 4.74 Å². The highest BCUT2D eigenvalue weighted by molar-refractivity contribution is 5.80. The molecule has 0 saturated carbocycles. The number of nitrogens with one attached hydrogen (secondary N) is 1. The van der Waals surface area contributed by atoms with E-state index in [0.29, 0.717) is 6.73 Å². The Balaban J connectivity index is 1.96. The summed E-state index contributed by atoms with van der Waals surface area (Å²) in [4.78, 5) is 0. The average Bonchev–Trinajstić information content (AvgIpc) is 2.72. The molecule has 0 amide bonds. The third kappa shape index (κ3) is 1.83. The summed E-state index contributed by atoms with van der Waals surface area (Å²) in [6, 6.07) is 12.6. The van der Waals surface area contributed by atoms with Crippen LogP contribution in [0, 0.1) is 0 Å². The van der Waals surface area contributed by atoms with Crippen LogP contribution in [0.1, 0.15) is 11.1 Å². The van der Waals surface area contributed by atoms with Gasteiger partial charge in [0.05, 0.1) is 0 Å². The molecule has 0 radical (unpaired) electrons. The number of methoxy groups -OCH3 is 1. The van der Waals surface area contributed by atoms with Gasteiger partial charge in [-0.15, -0.1) is 0 Å². The number of rotatable bonds is 3. The molecular formula is C15H16N2O. The summed E-state index contributed by atoms with van der Waals surface area (Å²) in [6.07, 6.45) is 0.957. The van der Waals surface area contributed by atoms with Gasteiger partial charge in [0.25, 0.3) is 0 Å². The normalized spacial score (nSPS) is 12.1. The lowest BCUT2D eigenvalue weighted by atomic mass is 10.1. The maximum Gasteiger partial charge on any atom is 0.116 e. The minimum atomic E-state index is 0.526. The van der Waals surface area contributed by atoms with Gasteiger partial charge in [-0.25, -0.2) is 0 Å². The number of hydrogen-bond donors (Lipinski definition) is 2. The molecule has 2 aromatic carbocycles. The van der Waals surface area contributed by atoms with Crippen molar-refractivity contribution in [2.45, 2.75) is 6.42 Å². The number of anilines is 2. The summed E-state index contributed by atoms with van der Waals surface area (Å²) >= 11 is 0. The first-order chi connectivity index (χ1) is 8.78. The quantitative estimate of drug-likeness (QED) is 0.546. The molecule has 0 unspecified atom stereocenters. The van der Waals surface area contributed by atoms with Crippen molar-refractivity contribution in [2.75, 3.05) is 24.9 Å². The molecule has 0 aliphatic heterocycles. The van der Waals surface area contributed by atoms with E-state index < -0.39 is 0 Å². The Bertz CT molecular complexity index is 593. The third-order valence-electron chi connectivity index (χ3n) is 3.33. The average molecular weight is 240 g/mol. The lowest BCUT2D eigenvalue weighted by Crippen LogP contribution is -2.03. The van der Waals surface area contributed by atoms with Crippen LogP contribution in [-0.4, -0.2) is 13.8 Å². The second-order valence-electron chi connectivity index (χ2n) is 4.58. The van der Waals surface area contributed by atoms with E-state index in [1.165, 1.54) is 22.3 Å². The van der Waals surface area contributed by atoms with E-state index in [-0.39, 0.29) is 0 Å². The number of nitrogen functional groups attached to an aromatic ring is 1. The third-order valence-corrected chi connectivity index (χ3v) is 3.33. The van der Waals surface area contributed by atoms with E-state index in [0.717, 1.165) is 17.8 Å². The minimum Gasteiger partial charge on any atom is -0.399 e. The van der Waals surface area contributed by atoms with Crippen molar-refractivity contribution in [3.05, 3.63) is 47.5 Å². The summed E-state index contributed by atoms with van der Waals surface area (Å²) in [7, 11) is 1.68. The molecule has 1 aliphatic carbocycles. The minimum absolute atomic E-state index is 0.526. The Labute approximate surface area is 107 Å². The summed E-state index contributed by atoms with van der Waals surface area (Å²) in [6.45, 7) is 0.526. The molecule has 3 nitrogen and oxygen atoms in total. The van der Waals surface area contributed by atoms with E-state index in [2.05, 4.69) is 35.6 Å². The van der Waals surface area contributed by atoms with Gasteiger partial charge < -0.3 is 15.8 Å². The molecule has 92 valence electrons. The molecular weight excluding hydrogens is 224 g/mol. The van der Waals surface area contributed by atoms with Crippen LogP contribution in [0.4, 0.5) is 11.4 Å². The van der Waals surface area contributed by atoms with Crippen LogP contribution in [0.2, 0.25) is 0 Å². The van der Waals surface area contributed by atoms with Gasteiger partial charge in [0.2, 0.25) is 0 Å². The van der Waals surface area contributed by atoms with Crippen molar-refractivity contribution >= 4 is 11.4 Å². The van der Waals surface area contributed by atoms with Crippen LogP contribution in [-0.2, 0) is 11.2 Å². The van der Waals surface area contributed by atoms with Crippen molar-refractivity contribution in [3.63, 3.8) is 0 Å². The zero-order valence-corrected chi connectivity index (χ0v) is 10.4. The Morgan fingerprint density at radius 2 is 1.83 bits per heavy atom. The number of nitrogens with two attached hydrogens (primary N) is 1. The Morgan fingerprint density at radius 1 is 1.11 bits per heavy atom. The molecule has 18 heavy (non-hydrogen) atoms. The topological polar surface area (TPSA) is 47.3 Å². The van der Waals surface area contributed by atoms with Crippen molar-refractivity contribution in [3.8, 4) is 11.1 Å². The maximum absolute atomic E-state index is 5.83. The summed E-state index contributed by atoms with van der Waals surface area (Å²) in [5.41, 5.74) is 13.0. The fraction of sp³-hybridized carbons (Fsp3) is 0.200. The SMILES string of the molecule is COCNc1ccc2c(c1)Cc1cc(N)ccc1-2. The molecule has 0 spiro atoms. The molecule has 0 saturated heterocycles. The van der Waals surface area contributed by atoms with Gasteiger partial charge in [-0.05, 0) is 52.9 Å². The van der Waals surface area contributed by atoms with Crippen LogP contribution >= 0.6 is 0 Å². The molecule has 0 atom stereocenters. The number of ether oxygens (including phenoxy) is 1. The molecule has 0 aromatic heterocycles. The Morgan fingerprint density at radius 3 is 2.61 bits per heavy atom. The highest BCUT2D eigenvalue weighted by Gasteiger charge is 2.18. The molecule has 0 heterocycles. The second-order valence-corrected chi connectivity index (χ2v) is 4.58. The van der Waals surface area contributed by atoms with Gasteiger partial charge in [-0.2, -0.15) is 0 Å². The van der Waals surface area contributed by atoms with Crippen LogP contribution in [0.5, 0.6) is 0 Å². The highest BCUT2D eigenvalue weighted by atomic mass is 16.5. The van der Waals surface area contributed by atoms with E-state index in [4.69, 9.17) is 10.5 Å². The Kier molecular flexibility index (Phi) is 2.68. The van der Waals surface area contributed by atoms with E-state index >= 15 is 0 Å². The standard InChI is InChI=1S/C15H16N2O/c1-18-9-17-13-3-5-15-11(8-13)6-10-7-12(16)2-4-14(10)15/h2-5,7-8,17H,6,9,16H2,1H3. The van der Waals surface area contributed by atoms with Crippen LogP contribution in [0.25, 0.3) is 11.1 Å². The van der Waals surface area contributed by atoms with Crippen molar-refractivity contribution in [1.29, 1.82) is 0 Å². The van der Waals surface area contributed by atoms with Crippen LogP contribution < -0.4 is 11.1 Å². The van der Waals surface area contributed by atoms with Crippen molar-refractivity contribution in [2.24, 2.45) is 0 Å². The fourth-order valence-electron chi connectivity index (χ4n) is 2.50. The van der Waals surface area contributed by atoms with E-state index in [1.54, 1.807) is 7.11 Å². The van der Waals surface area contributed by atoms with E-state index in [1.807, 2.05) is 6.07 Å². The van der Waals surface area contributed by atoms with Gasteiger partial charge >= 0.3 is 0 Å². The van der Waals surface area contributed by atoms with Gasteiger partial charge in [-0.3, -0.25) is 0 Å². The zero-order valence-electron chi connectivity index (χ0n) is 10.4. The summed E-state index contributed by atoms with van der Waals surface area (Å²) in [5, 5.41) is 3.22. The smallest absolute Gasteiger partial charge is 0.116 e. The molecule has 2 aromatic rings. The second kappa shape index (κ2) is 4.35. The number of hydrogen-bond acceptors (Lipinski definition) is 3. The van der Waals surface area contributed by atoms with Crippen molar-refractivity contribution in [1.82, 2.24) is 0 Å². The lowest BCUT2D eigenvalue weighted by Gasteiger charge is -2.07. The summed E-state index contributed by atoms with van der Waals surface area (Å²) < 4.78 is 5.02. The van der Waals surface area contributed by atoms with Gasteiger partial charge in [0.1, 0.15) is 6.73 Å². The van der Waals surface area contributed by atoms with Gasteiger partial charge in [0, 0.05) is 18.5 Å². The van der Waals surface area contributed by atoms with E-state index in [9.17, 15) is 0 Å². The molecule has 0 fully saturated rings. The zero-order chi connectivity index (χ0) is 12.5. The maximum atomic E-state index is 5.83. The fourth-order valence-corrected chi connectivity index (χ4v) is 2.50. The molecule has 1 aliphatic rings.